The van der Waals surface area contributed by atoms with Crippen LogP contribution in [-0.2, 0) is 54.3 Å². The first-order valence-electron chi connectivity index (χ1n) is 28.3. The van der Waals surface area contributed by atoms with Gasteiger partial charge in [-0.3, -0.25) is 38.4 Å². The van der Waals surface area contributed by atoms with Gasteiger partial charge in [0.2, 0.25) is 47.3 Å². The zero-order valence-electron chi connectivity index (χ0n) is 47.7. The fourth-order valence-corrected chi connectivity index (χ4v) is 9.75. The van der Waals surface area contributed by atoms with Gasteiger partial charge in [-0.15, -0.1) is 0 Å². The second-order valence-electron chi connectivity index (χ2n) is 21.6. The monoisotopic (exact) mass is 1100 g/mol. The second kappa shape index (κ2) is 32.3. The molecule has 0 unspecified atom stereocenters. The first-order chi connectivity index (χ1) is 37.6. The number of aliphatic hydroxyl groups excluding tert-OH is 1. The molecule has 0 aromatic heterocycles. The standard InChI is InChI=1S/C58H88N8O13/c1-9-10-11-12-13-14-15-16-17-18-19-20-21-24-49(70)64(7)46(34-67)55(75)60-37(4)52(72)59-33-50(71)65(8)51-41-26-28-48(69)43(32-41)42-30-40(25-27-47(42)68)31-44(63-53(73)38(5)61-56(51)76)54(74)62-39(6)57(77)66-29-22-23-45(66)58(78)79-35-36(2)3/h25-28,30,32,36-39,44-46,51,67-69H,9-24,29,31,33-35H2,1-8H3,(H,59,72)(H,60,75)(H,61,76)(H,62,74)(H,63,73)/t37-,38+,39+,44+,45+,46-,51+/m1/s1. The lowest BCUT2D eigenvalue weighted by Gasteiger charge is -2.30. The van der Waals surface area contributed by atoms with Crippen LogP contribution in [0, 0.1) is 5.92 Å². The number of nitrogens with one attached hydrogen (secondary N) is 5. The van der Waals surface area contributed by atoms with Gasteiger partial charge in [-0.25, -0.2) is 4.79 Å². The van der Waals surface area contributed by atoms with Gasteiger partial charge in [0, 0.05) is 44.6 Å². The van der Waals surface area contributed by atoms with E-state index in [0.29, 0.717) is 24.8 Å². The van der Waals surface area contributed by atoms with Crippen LogP contribution < -0.4 is 26.6 Å². The van der Waals surface area contributed by atoms with Gasteiger partial charge >= 0.3 is 5.97 Å². The maximum atomic E-state index is 14.3. The number of likely N-dealkylation sites (N-methyl/N-ethyl adjacent to an activating group) is 2. The molecule has 4 rings (SSSR count). The number of carbonyl (C=O) groups excluding carboxylic acids is 9. The molecule has 8 amide bonds. The molecule has 2 aliphatic heterocycles. The van der Waals surface area contributed by atoms with Crippen molar-refractivity contribution in [3.8, 4) is 22.6 Å². The Balaban J connectivity index is 1.40. The topological polar surface area (TPSA) is 293 Å². The number of likely N-dealkylation sites (tertiary alicyclic amines) is 1. The van der Waals surface area contributed by atoms with Crippen LogP contribution in [0.3, 0.4) is 0 Å². The van der Waals surface area contributed by atoms with Gasteiger partial charge in [0.25, 0.3) is 0 Å². The maximum Gasteiger partial charge on any atom is 0.328 e. The number of esters is 1. The Kier molecular flexibility index (Phi) is 26.5. The summed E-state index contributed by atoms with van der Waals surface area (Å²) in [6.45, 7) is 9.25. The normalized spacial score (nSPS) is 18.5. The van der Waals surface area contributed by atoms with Crippen molar-refractivity contribution in [3.05, 3.63) is 47.5 Å². The van der Waals surface area contributed by atoms with Gasteiger partial charge in [0.15, 0.2) is 0 Å². The summed E-state index contributed by atoms with van der Waals surface area (Å²) in [6.07, 6.45) is 15.9. The third-order valence-electron chi connectivity index (χ3n) is 14.6. The molecule has 7 atom stereocenters. The summed E-state index contributed by atoms with van der Waals surface area (Å²) in [5.41, 5.74) is 0.666. The molecule has 0 saturated carbocycles. The highest BCUT2D eigenvalue weighted by molar-refractivity contribution is 5.98. The number of aliphatic hydroxyl groups is 1. The fourth-order valence-electron chi connectivity index (χ4n) is 9.75. The van der Waals surface area contributed by atoms with Crippen molar-refractivity contribution in [1.82, 2.24) is 41.3 Å². The van der Waals surface area contributed by atoms with Crippen LogP contribution in [0.15, 0.2) is 36.4 Å². The number of ether oxygens (including phenoxy) is 1. The van der Waals surface area contributed by atoms with Crippen molar-refractivity contribution >= 4 is 53.2 Å². The molecular formula is C58H88N8O13. The Morgan fingerprint density at radius 1 is 0.747 bits per heavy atom. The highest BCUT2D eigenvalue weighted by Crippen LogP contribution is 2.39. The van der Waals surface area contributed by atoms with Crippen molar-refractivity contribution < 1.29 is 63.2 Å². The molecule has 1 fully saturated rings. The number of unbranched alkanes of at least 4 members (excludes halogenated alkanes) is 12. The Hall–Kier alpha value is -6.77. The molecule has 2 aliphatic rings. The number of amides is 8. The Morgan fingerprint density at radius 2 is 1.34 bits per heavy atom. The van der Waals surface area contributed by atoms with Gasteiger partial charge in [-0.2, -0.15) is 0 Å². The highest BCUT2D eigenvalue weighted by atomic mass is 16.5. The van der Waals surface area contributed by atoms with Crippen LogP contribution in [0.2, 0.25) is 0 Å². The lowest BCUT2D eigenvalue weighted by molar-refractivity contribution is -0.155. The van der Waals surface area contributed by atoms with Gasteiger partial charge < -0.3 is 61.3 Å². The second-order valence-corrected chi connectivity index (χ2v) is 21.6. The summed E-state index contributed by atoms with van der Waals surface area (Å²) in [5.74, 6) is -6.77. The number of aromatic hydroxyl groups is 2. The lowest BCUT2D eigenvalue weighted by Crippen LogP contribution is -2.58. The number of hydrogen-bond acceptors (Lipinski definition) is 13. The first-order valence-corrected chi connectivity index (χ1v) is 28.3. The van der Waals surface area contributed by atoms with E-state index < -0.39 is 103 Å². The number of fused-ring (bicyclic) bond motifs is 5. The Morgan fingerprint density at radius 3 is 1.95 bits per heavy atom. The van der Waals surface area contributed by atoms with Gasteiger partial charge in [-0.05, 0) is 81.3 Å². The summed E-state index contributed by atoms with van der Waals surface area (Å²) < 4.78 is 5.41. The number of phenolic OH excluding ortho intramolecular Hbond substituents is 2. The van der Waals surface area contributed by atoms with E-state index in [9.17, 15) is 58.5 Å². The molecule has 1 saturated heterocycles. The smallest absolute Gasteiger partial charge is 0.328 e. The average molecular weight is 1110 g/mol. The largest absolute Gasteiger partial charge is 0.507 e. The van der Waals surface area contributed by atoms with E-state index in [0.717, 1.165) is 35.5 Å². The van der Waals surface area contributed by atoms with Crippen molar-refractivity contribution in [3.63, 3.8) is 0 Å². The minimum absolute atomic E-state index is 0.0444. The number of benzene rings is 2. The summed E-state index contributed by atoms with van der Waals surface area (Å²) in [6, 6.07) is -0.342. The Bertz CT molecular complexity index is 2420. The molecule has 0 aliphatic carbocycles. The molecule has 2 aromatic rings. The van der Waals surface area contributed by atoms with Gasteiger partial charge in [0.05, 0.1) is 19.8 Å². The maximum absolute atomic E-state index is 14.3. The van der Waals surface area contributed by atoms with E-state index in [-0.39, 0.29) is 66.0 Å². The zero-order valence-corrected chi connectivity index (χ0v) is 47.7. The van der Waals surface area contributed by atoms with E-state index in [1.807, 2.05) is 13.8 Å². The molecule has 21 nitrogen and oxygen atoms in total. The number of phenols is 2. The number of rotatable bonds is 28. The third-order valence-corrected chi connectivity index (χ3v) is 14.6. The predicted molar refractivity (Wildman–Crippen MR) is 297 cm³/mol. The predicted octanol–water partition coefficient (Wildman–Crippen LogP) is 4.43. The van der Waals surface area contributed by atoms with Gasteiger partial charge in [-0.1, -0.05) is 110 Å². The SMILES string of the molecule is CCCCCCCCCCCCCCCC(=O)N(C)[C@H](CO)C(=O)N[C@H](C)C(=O)NCC(=O)N(C)[C@@H]1C(=O)N[C@@H](C)C(=O)N[C@H](C(=O)N[C@@H](C)C(=O)N2CCC[C@H]2C(=O)OCC(C)C)Cc2ccc(O)c(c2)-c2cc1ccc2O. The van der Waals surface area contributed by atoms with Gasteiger partial charge in [0.1, 0.15) is 53.8 Å². The lowest BCUT2D eigenvalue weighted by atomic mass is 9.93. The number of carbonyl (C=O) groups is 9. The molecular weight excluding hydrogens is 1020 g/mol. The highest BCUT2D eigenvalue weighted by Gasteiger charge is 2.39. The van der Waals surface area contributed by atoms with Crippen LogP contribution in [0.4, 0.5) is 0 Å². The number of hydrogen-bond donors (Lipinski definition) is 8. The fraction of sp³-hybridized carbons (Fsp3) is 0.638. The molecule has 4 bridgehead atoms. The minimum atomic E-state index is -1.52. The van der Waals surface area contributed by atoms with Crippen LogP contribution in [0.1, 0.15) is 161 Å². The Labute approximate surface area is 465 Å². The van der Waals surface area contributed by atoms with Crippen molar-refractivity contribution in [1.29, 1.82) is 0 Å². The molecule has 0 radical (unpaired) electrons. The van der Waals surface area contributed by atoms with Crippen LogP contribution >= 0.6 is 0 Å². The van der Waals surface area contributed by atoms with Crippen LogP contribution in [0.25, 0.3) is 11.1 Å². The first kappa shape index (κ1) is 64.8. The van der Waals surface area contributed by atoms with E-state index in [4.69, 9.17) is 4.74 Å². The molecule has 438 valence electrons. The van der Waals surface area contributed by atoms with E-state index in [2.05, 4.69) is 33.5 Å². The molecule has 0 spiro atoms. The molecule has 79 heavy (non-hydrogen) atoms. The summed E-state index contributed by atoms with van der Waals surface area (Å²) in [4.78, 5) is 126. The van der Waals surface area contributed by atoms with Crippen molar-refractivity contribution in [2.24, 2.45) is 5.92 Å². The van der Waals surface area contributed by atoms with Crippen LogP contribution in [0.5, 0.6) is 11.5 Å². The van der Waals surface area contributed by atoms with E-state index in [1.165, 1.54) is 128 Å². The summed E-state index contributed by atoms with van der Waals surface area (Å²) >= 11 is 0. The molecule has 2 aromatic carbocycles. The summed E-state index contributed by atoms with van der Waals surface area (Å²) in [7, 11) is 2.70. The van der Waals surface area contributed by atoms with E-state index in [1.54, 1.807) is 0 Å². The average Bonchev–Trinajstić information content (AvgIpc) is 3.93. The summed E-state index contributed by atoms with van der Waals surface area (Å²) in [5, 5.41) is 45.3. The molecule has 2 heterocycles. The number of nitrogens with zero attached hydrogens (tertiary/aromatic N) is 3. The molecule has 21 heteroatoms. The van der Waals surface area contributed by atoms with Crippen LogP contribution in [-0.4, -0.2) is 160 Å². The third kappa shape index (κ3) is 19.5. The van der Waals surface area contributed by atoms with Crippen molar-refractivity contribution in [2.45, 2.75) is 193 Å². The minimum Gasteiger partial charge on any atom is -0.507 e. The quantitative estimate of drug-likeness (QED) is 0.0433. The molecule has 8 N–H and O–H groups in total. The zero-order chi connectivity index (χ0) is 58.3. The van der Waals surface area contributed by atoms with E-state index >= 15 is 0 Å². The van der Waals surface area contributed by atoms with Crippen molar-refractivity contribution in [2.75, 3.05) is 40.4 Å².